The molecule has 30 heteroatoms. The van der Waals surface area contributed by atoms with E-state index >= 15 is 0 Å². The van der Waals surface area contributed by atoms with Gasteiger partial charge in [-0.15, -0.1) is 0 Å². The Bertz CT molecular complexity index is 3690. The second-order valence-corrected chi connectivity index (χ2v) is 35.9. The first kappa shape index (κ1) is 92.2. The summed E-state index contributed by atoms with van der Waals surface area (Å²) in [4.78, 5) is 163. The van der Waals surface area contributed by atoms with Crippen LogP contribution in [-0.2, 0) is 110 Å². The largest absolute Gasteiger partial charge is 0.462 e. The topological polar surface area (TPSA) is 415 Å². The molecule has 0 saturated heterocycles. The van der Waals surface area contributed by atoms with Crippen molar-refractivity contribution < 1.29 is 172 Å². The fourth-order valence-electron chi connectivity index (χ4n) is 26.3. The molecule has 0 heterocycles. The van der Waals surface area contributed by atoms with Gasteiger partial charge in [-0.3, -0.25) is 62.3 Å². The molecule has 28 nitrogen and oxygen atoms in total. The van der Waals surface area contributed by atoms with Crippen LogP contribution in [0.4, 0.5) is 0 Å². The number of esters is 10. The van der Waals surface area contributed by atoms with Crippen molar-refractivity contribution in [3.63, 3.8) is 0 Å². The van der Waals surface area contributed by atoms with E-state index in [9.17, 15) is 87.9 Å². The van der Waals surface area contributed by atoms with E-state index in [1.54, 1.807) is 0 Å². The molecule has 12 aliphatic carbocycles. The number of hydrogen-bond acceptors (Lipinski definition) is 28. The molecule has 12 saturated carbocycles. The van der Waals surface area contributed by atoms with E-state index in [2.05, 4.69) is 19.7 Å². The average Bonchev–Trinajstić information content (AvgIpc) is 1.64. The second kappa shape index (κ2) is 31.6. The summed E-state index contributed by atoms with van der Waals surface area (Å²) < 4.78 is 57.3. The Hall–Kier alpha value is -5.97. The van der Waals surface area contributed by atoms with E-state index in [-0.39, 0.29) is 114 Å². The van der Waals surface area contributed by atoms with Gasteiger partial charge in [-0.2, -0.15) is 0 Å². The number of fused-ring (bicyclic) bond motifs is 9. The third kappa shape index (κ3) is 14.4. The van der Waals surface area contributed by atoms with Crippen LogP contribution in [0.3, 0.4) is 0 Å². The average molecular weight is 1720 g/mol. The summed E-state index contributed by atoms with van der Waals surface area (Å²) in [6, 6.07) is 0. The SMILES string of the molecule is C.C=C1C(=O)[C@]23C[C@H]1C[C@@H](O)[C@H]2[C@]1(C)C[C@H](OC(C)=O)[C@H](OC(C)=O)C(C)(C)[C@H]1[C@@H](OC(C)=O)[C@@H]3O.C=C1C(=O)[C@]23C[C@H]1C[C@H](O)[C@H]2[C@]1(C)C[C@H](OC(C)=O)[C@H](OC(C)=O)C(C)(C)[C@H]1[C@@H](OC(C)=O)[C@@H]3O.C=C1C(=O)[C@]23C[C@H]1C[C@H](OC(C)=O)[C@H]2[C@]1(C)C[C@H](OC(C)=O)[C@H](OC(C)=O)C(C)(C)[C@H]1[C@@H](OC(C)=O)[C@@H]3O.[B].[Lu]. The van der Waals surface area contributed by atoms with E-state index in [0.717, 1.165) is 0 Å². The number of ether oxygens (including phenoxy) is 10. The Morgan fingerprint density at radius 1 is 0.315 bits per heavy atom. The Morgan fingerprint density at radius 2 is 0.523 bits per heavy atom. The van der Waals surface area contributed by atoms with Crippen molar-refractivity contribution in [2.24, 2.45) is 102 Å². The number of allylic oxidation sites excluding steroid dienone is 3. The summed E-state index contributed by atoms with van der Waals surface area (Å²) in [5.74, 6) is -11.6. The minimum Gasteiger partial charge on any atom is -0.462 e. The summed E-state index contributed by atoms with van der Waals surface area (Å²) in [5, 5.41) is 58.6. The Labute approximate surface area is 680 Å². The van der Waals surface area contributed by atoms with Crippen molar-refractivity contribution in [3.05, 3.63) is 36.5 Å². The Kier molecular flexibility index (Phi) is 26.2. The predicted octanol–water partition coefficient (Wildman–Crippen LogP) is 5.99. The molecule has 0 aromatic carbocycles. The number of rotatable bonds is 10. The van der Waals surface area contributed by atoms with E-state index in [1.165, 1.54) is 69.2 Å². The number of Topliss-reactive ketones (excluding diaryl/α,β-unsaturated/α-hetero) is 3. The molecule has 6 bridgehead atoms. The van der Waals surface area contributed by atoms with Gasteiger partial charge in [-0.05, 0) is 109 Å². The molecule has 0 unspecified atom stereocenters. The van der Waals surface area contributed by atoms with Crippen LogP contribution in [0, 0.1) is 139 Å². The molecule has 0 amide bonds. The molecular formula is C81H114BLuO28. The monoisotopic (exact) mass is 1720 g/mol. The number of hydrogen-bond donors (Lipinski definition) is 5. The third-order valence-corrected chi connectivity index (χ3v) is 28.1. The molecule has 12 fully saturated rings. The molecule has 12 aliphatic rings. The van der Waals surface area contributed by atoms with Gasteiger partial charge in [0.05, 0.1) is 28.5 Å². The first-order chi connectivity index (χ1) is 49.6. The van der Waals surface area contributed by atoms with Gasteiger partial charge in [-0.25, -0.2) is 0 Å². The molecule has 4 radical (unpaired) electrons. The zero-order valence-electron chi connectivity index (χ0n) is 66.3. The third-order valence-electron chi connectivity index (χ3n) is 28.1. The van der Waals surface area contributed by atoms with Crippen LogP contribution in [0.15, 0.2) is 36.5 Å². The summed E-state index contributed by atoms with van der Waals surface area (Å²) in [5.41, 5.74) is -8.86. The zero-order chi connectivity index (χ0) is 81.0. The minimum atomic E-state index is -1.43. The molecule has 0 aliphatic heterocycles. The van der Waals surface area contributed by atoms with Gasteiger partial charge >= 0.3 is 59.7 Å². The van der Waals surface area contributed by atoms with Crippen molar-refractivity contribution in [2.45, 2.75) is 288 Å². The van der Waals surface area contributed by atoms with Crippen LogP contribution in [0.1, 0.15) is 197 Å². The fraction of sp³-hybridized carbons (Fsp3) is 0.765. The molecule has 624 valence electrons. The van der Waals surface area contributed by atoms with Crippen LogP contribution < -0.4 is 0 Å². The summed E-state index contributed by atoms with van der Waals surface area (Å²) in [6.07, 6.45) is -13.2. The molecule has 0 aromatic rings. The predicted molar refractivity (Wildman–Crippen MR) is 386 cm³/mol. The van der Waals surface area contributed by atoms with E-state index in [4.69, 9.17) is 47.4 Å². The molecule has 3 spiro atoms. The number of ketones is 3. The number of carbonyl (C=O) groups is 13. The summed E-state index contributed by atoms with van der Waals surface area (Å²) in [6.45, 7) is 41.1. The summed E-state index contributed by atoms with van der Waals surface area (Å²) >= 11 is 0. The van der Waals surface area contributed by atoms with Crippen molar-refractivity contribution in [2.75, 3.05) is 0 Å². The number of carbonyl (C=O) groups excluding carboxylic acids is 13. The molecular weight excluding hydrogens is 1610 g/mol. The van der Waals surface area contributed by atoms with Gasteiger partial charge in [-0.1, -0.05) is 89.5 Å². The van der Waals surface area contributed by atoms with E-state index in [0.29, 0.717) is 48.8 Å². The van der Waals surface area contributed by atoms with Crippen molar-refractivity contribution in [1.29, 1.82) is 0 Å². The number of aliphatic hydroxyl groups excluding tert-OH is 5. The van der Waals surface area contributed by atoms with Crippen LogP contribution in [0.5, 0.6) is 0 Å². The van der Waals surface area contributed by atoms with E-state index < -0.39 is 235 Å². The maximum absolute atomic E-state index is 14.0. The van der Waals surface area contributed by atoms with Crippen molar-refractivity contribution in [3.8, 4) is 0 Å². The van der Waals surface area contributed by atoms with E-state index in [1.807, 2.05) is 62.3 Å². The molecule has 5 N–H and O–H groups in total. The smallest absolute Gasteiger partial charge is 0.303 e. The Balaban J connectivity index is 0.000000228. The first-order valence-corrected chi connectivity index (χ1v) is 37.5. The molecule has 12 rings (SSSR count). The van der Waals surface area contributed by atoms with Gasteiger partial charge in [0.15, 0.2) is 17.3 Å². The standard InChI is InChI=1S/C28H38O10.2C26H36O9.CH4.B.Lu/c1-12-17-9-18(35-13(2)29)21-27(8)11-19(36-14(3)30)25(38-16(5)32)26(6,7)22(27)20(37-15(4)31)24(34)28(21,10-17)23(12)33;2*1-11-15-8-16(30)19-25(7)10-17(33-12(2)27)23(35-14(4)29)24(5,6)20(25)18(34-13(3)28)22(32)26(19,9-15)21(11)31;;;/h17-22,24-25,34H,1,9-11H2,2-8H3;2*15-20,22-23,30,32H,1,8-10H2,2-7H3;1H4;;/t17-,18+,19+,20-,21+,22-,24+,25+,27+,28+;15-,16+,17+,18-,19+,20-,22+,23+,25+,26+;15-,16-,17+,18-,19+,20-,22+,23+,25+,26+;;;/m111.../s1. The van der Waals surface area contributed by atoms with Gasteiger partial charge in [0.2, 0.25) is 0 Å². The number of aliphatic hydroxyl groups is 5. The van der Waals surface area contributed by atoms with Gasteiger partial charge in [0, 0.05) is 166 Å². The van der Waals surface area contributed by atoms with Gasteiger partial charge in [0.1, 0.15) is 79.4 Å². The fourth-order valence-corrected chi connectivity index (χ4v) is 26.3. The zero-order valence-corrected chi connectivity index (χ0v) is 68.0. The Morgan fingerprint density at radius 3 is 0.757 bits per heavy atom. The van der Waals surface area contributed by atoms with Crippen LogP contribution in [0.25, 0.3) is 0 Å². The van der Waals surface area contributed by atoms with Crippen molar-refractivity contribution >= 4 is 85.5 Å². The minimum absolute atomic E-state index is 0. The molecule has 111 heavy (non-hydrogen) atoms. The van der Waals surface area contributed by atoms with Gasteiger partial charge in [0.25, 0.3) is 0 Å². The maximum Gasteiger partial charge on any atom is 0.303 e. The maximum atomic E-state index is 14.0. The quantitative estimate of drug-likeness (QED) is 0.0725. The van der Waals surface area contributed by atoms with Crippen LogP contribution in [0.2, 0.25) is 0 Å². The molecule has 0 aromatic heterocycles. The summed E-state index contributed by atoms with van der Waals surface area (Å²) in [7, 11) is 0. The molecule has 30 atom stereocenters. The second-order valence-electron chi connectivity index (χ2n) is 35.9. The van der Waals surface area contributed by atoms with Crippen LogP contribution >= 0.6 is 0 Å². The van der Waals surface area contributed by atoms with Crippen molar-refractivity contribution in [1.82, 2.24) is 0 Å². The van der Waals surface area contributed by atoms with Gasteiger partial charge < -0.3 is 72.9 Å². The first-order valence-electron chi connectivity index (χ1n) is 37.5. The van der Waals surface area contributed by atoms with Crippen LogP contribution in [-0.4, -0.2) is 203 Å². The normalized spacial score (nSPS) is 43.5.